The van der Waals surface area contributed by atoms with Gasteiger partial charge in [0.1, 0.15) is 0 Å². The second-order valence-electron chi connectivity index (χ2n) is 1.39. The van der Waals surface area contributed by atoms with E-state index < -0.39 is 0 Å². The Morgan fingerprint density at radius 2 is 2.67 bits per heavy atom. The van der Waals surface area contributed by atoms with Gasteiger partial charge in [-0.25, -0.2) is 0 Å². The lowest BCUT2D eigenvalue weighted by Gasteiger charge is -1.65. The Morgan fingerprint density at radius 3 is 2.83 bits per heavy atom. The molecule has 0 bridgehead atoms. The molecule has 0 atom stereocenters. The van der Waals surface area contributed by atoms with Crippen LogP contribution in [0.15, 0.2) is 18.5 Å². The van der Waals surface area contributed by atoms with Gasteiger partial charge < -0.3 is 4.98 Å². The van der Waals surface area contributed by atoms with E-state index >= 15 is 0 Å². The van der Waals surface area contributed by atoms with Crippen molar-refractivity contribution in [1.82, 2.24) is 4.98 Å². The minimum absolute atomic E-state index is 0. The van der Waals surface area contributed by atoms with Gasteiger partial charge in [0.2, 0.25) is 0 Å². The Morgan fingerprint density at radius 1 is 1.83 bits per heavy atom. The fourth-order valence-electron chi connectivity index (χ4n) is 0.407. The summed E-state index contributed by atoms with van der Waals surface area (Å²) in [5, 5.41) is 0. The number of H-pyrrole nitrogens is 1. The lowest BCUT2D eigenvalue weighted by molar-refractivity contribution is 1.39. The first kappa shape index (κ1) is 3.47. The van der Waals surface area contributed by atoms with Gasteiger partial charge in [0.15, 0.2) is 0 Å². The molecule has 1 N–H and O–H groups in total. The third-order valence-corrected chi connectivity index (χ3v) is 0.753. The highest BCUT2D eigenvalue weighted by molar-refractivity contribution is 5.03. The lowest BCUT2D eigenvalue weighted by Crippen LogP contribution is -1.50. The third kappa shape index (κ3) is 0.432. The van der Waals surface area contributed by atoms with Crippen LogP contribution in [0.4, 0.5) is 0 Å². The summed E-state index contributed by atoms with van der Waals surface area (Å²) >= 11 is 0. The number of hydrogen-bond acceptors (Lipinski definition) is 0. The van der Waals surface area contributed by atoms with E-state index in [0.29, 0.717) is 0 Å². The second-order valence-corrected chi connectivity index (χ2v) is 1.39. The largest absolute Gasteiger partial charge is 0.367 e. The fraction of sp³-hybridized carbons (Fsp3) is 0.200. The van der Waals surface area contributed by atoms with Gasteiger partial charge >= 0.3 is 0 Å². The third-order valence-electron chi connectivity index (χ3n) is 0.753. The molecule has 6 heavy (non-hydrogen) atoms. The zero-order valence-corrected chi connectivity index (χ0v) is 3.73. The summed E-state index contributed by atoms with van der Waals surface area (Å²) in [6, 6.07) is 2.03. The van der Waals surface area contributed by atoms with Crippen molar-refractivity contribution in [3.63, 3.8) is 0 Å². The first-order chi connectivity index (χ1) is 2.89. The standard InChI is InChI=1S/C5H7N.H2/c1-5-2-3-6-4-5;/h2-4,6H,1H3;1H. The van der Waals surface area contributed by atoms with E-state index in [9.17, 15) is 0 Å². The van der Waals surface area contributed by atoms with Crippen LogP contribution in [0.25, 0.3) is 0 Å². The van der Waals surface area contributed by atoms with Crippen molar-refractivity contribution in [3.05, 3.63) is 24.0 Å². The Kier molecular flexibility index (Phi) is 0.675. The number of aromatic nitrogens is 1. The van der Waals surface area contributed by atoms with Gasteiger partial charge in [-0.2, -0.15) is 0 Å². The van der Waals surface area contributed by atoms with Crippen LogP contribution in [0.3, 0.4) is 0 Å². The number of nitrogens with one attached hydrogen (secondary N) is 1. The van der Waals surface area contributed by atoms with E-state index in [-0.39, 0.29) is 1.43 Å². The molecule has 0 aliphatic carbocycles. The topological polar surface area (TPSA) is 15.8 Å². The highest BCUT2D eigenvalue weighted by Crippen LogP contribution is 1.88. The molecule has 0 aliphatic heterocycles. The summed E-state index contributed by atoms with van der Waals surface area (Å²) in [4.78, 5) is 2.93. The molecule has 0 saturated carbocycles. The molecule has 0 fully saturated rings. The Labute approximate surface area is 38.5 Å². The van der Waals surface area contributed by atoms with Gasteiger partial charge in [-0.05, 0) is 18.6 Å². The molecule has 0 aromatic carbocycles. The number of hydrogen-bond donors (Lipinski definition) is 1. The van der Waals surface area contributed by atoms with Crippen LogP contribution < -0.4 is 0 Å². The van der Waals surface area contributed by atoms with Crippen molar-refractivity contribution < 1.29 is 1.43 Å². The van der Waals surface area contributed by atoms with Crippen LogP contribution in [0.5, 0.6) is 0 Å². The molecule has 0 saturated heterocycles. The van der Waals surface area contributed by atoms with Gasteiger partial charge in [0.05, 0.1) is 0 Å². The number of aromatic amines is 1. The number of rotatable bonds is 0. The minimum atomic E-state index is 0. The Bertz CT molecular complexity index is 112. The minimum Gasteiger partial charge on any atom is -0.367 e. The Hall–Kier alpha value is -0.720. The highest BCUT2D eigenvalue weighted by Gasteiger charge is 1.73. The van der Waals surface area contributed by atoms with E-state index in [0.717, 1.165) is 0 Å². The van der Waals surface area contributed by atoms with Crippen LogP contribution in [-0.4, -0.2) is 4.98 Å². The van der Waals surface area contributed by atoms with E-state index in [1.54, 1.807) is 0 Å². The van der Waals surface area contributed by atoms with Gasteiger partial charge in [-0.3, -0.25) is 0 Å². The average Bonchev–Trinajstić information content (AvgIpc) is 1.86. The van der Waals surface area contributed by atoms with E-state index in [1.807, 2.05) is 18.5 Å². The molecule has 0 amide bonds. The molecule has 0 spiro atoms. The van der Waals surface area contributed by atoms with Crippen molar-refractivity contribution in [2.75, 3.05) is 0 Å². The predicted octanol–water partition coefficient (Wildman–Crippen LogP) is 1.57. The van der Waals surface area contributed by atoms with Crippen LogP contribution in [0, 0.1) is 6.92 Å². The normalized spacial score (nSPS) is 8.83. The van der Waals surface area contributed by atoms with Crippen molar-refractivity contribution in [2.24, 2.45) is 0 Å². The van der Waals surface area contributed by atoms with Crippen molar-refractivity contribution in [1.29, 1.82) is 0 Å². The summed E-state index contributed by atoms with van der Waals surface area (Å²) in [5.41, 5.74) is 1.29. The molecular weight excluding hydrogens is 74.1 g/mol. The number of aryl methyl sites for hydroxylation is 1. The molecule has 1 heterocycles. The zero-order chi connectivity index (χ0) is 4.41. The maximum atomic E-state index is 2.93. The van der Waals surface area contributed by atoms with Gasteiger partial charge in [0.25, 0.3) is 0 Å². The van der Waals surface area contributed by atoms with Crippen LogP contribution in [0.2, 0.25) is 0 Å². The summed E-state index contributed by atoms with van der Waals surface area (Å²) in [5.74, 6) is 0. The maximum absolute atomic E-state index is 2.93. The van der Waals surface area contributed by atoms with Crippen LogP contribution in [-0.2, 0) is 0 Å². The zero-order valence-electron chi connectivity index (χ0n) is 3.73. The summed E-state index contributed by atoms with van der Waals surface area (Å²) in [7, 11) is 0. The average molecular weight is 83.1 g/mol. The first-order valence-corrected chi connectivity index (χ1v) is 1.99. The van der Waals surface area contributed by atoms with Crippen molar-refractivity contribution in [3.8, 4) is 0 Å². The van der Waals surface area contributed by atoms with Crippen molar-refractivity contribution in [2.45, 2.75) is 6.92 Å². The molecule has 1 aromatic heterocycles. The molecule has 0 aliphatic rings. The van der Waals surface area contributed by atoms with Gasteiger partial charge in [0, 0.05) is 13.8 Å². The van der Waals surface area contributed by atoms with Crippen LogP contribution >= 0.6 is 0 Å². The van der Waals surface area contributed by atoms with E-state index in [1.165, 1.54) is 5.56 Å². The monoisotopic (exact) mass is 83.1 g/mol. The second kappa shape index (κ2) is 1.17. The predicted molar refractivity (Wildman–Crippen MR) is 27.6 cm³/mol. The summed E-state index contributed by atoms with van der Waals surface area (Å²) < 4.78 is 0. The molecule has 1 rings (SSSR count). The highest BCUT2D eigenvalue weighted by atomic mass is 14.6. The quantitative estimate of drug-likeness (QED) is 0.490. The fourth-order valence-corrected chi connectivity index (χ4v) is 0.407. The molecule has 0 unspecified atom stereocenters. The lowest BCUT2D eigenvalue weighted by atomic mass is 10.4. The van der Waals surface area contributed by atoms with E-state index in [4.69, 9.17) is 0 Å². The smallest absolute Gasteiger partial charge is 0.00345 e. The van der Waals surface area contributed by atoms with Gasteiger partial charge in [-0.1, -0.05) is 0 Å². The van der Waals surface area contributed by atoms with Gasteiger partial charge in [-0.15, -0.1) is 0 Å². The maximum Gasteiger partial charge on any atom is 0.00345 e. The summed E-state index contributed by atoms with van der Waals surface area (Å²) in [6.07, 6.45) is 3.87. The van der Waals surface area contributed by atoms with Crippen molar-refractivity contribution >= 4 is 0 Å². The molecule has 1 aromatic rings. The SMILES string of the molecule is Cc1cc[nH]c1.[HH]. The Balaban J connectivity index is 0.000000360. The molecule has 1 nitrogen and oxygen atoms in total. The molecule has 0 radical (unpaired) electrons. The molecular formula is C5H9N. The summed E-state index contributed by atoms with van der Waals surface area (Å²) in [6.45, 7) is 2.05. The first-order valence-electron chi connectivity index (χ1n) is 1.99. The van der Waals surface area contributed by atoms with Crippen LogP contribution in [0.1, 0.15) is 6.99 Å². The molecule has 1 heteroatoms. The molecule has 34 valence electrons. The van der Waals surface area contributed by atoms with E-state index in [2.05, 4.69) is 11.9 Å².